The molecule has 0 saturated carbocycles. The van der Waals surface area contributed by atoms with Crippen LogP contribution in [0.25, 0.3) is 0 Å². The molecule has 0 amide bonds. The number of nitrogens with two attached hydrogens (primary N) is 1. The monoisotopic (exact) mass is 158 g/mol. The van der Waals surface area contributed by atoms with E-state index in [1.807, 2.05) is 5.38 Å². The summed E-state index contributed by atoms with van der Waals surface area (Å²) in [6.07, 6.45) is 0. The number of methoxy groups -OCH3 is 1. The molecule has 0 radical (unpaired) electrons. The van der Waals surface area contributed by atoms with Gasteiger partial charge in [-0.1, -0.05) is 0 Å². The van der Waals surface area contributed by atoms with E-state index in [4.69, 9.17) is 10.5 Å². The number of rotatable bonds is 3. The molecule has 0 bridgehead atoms. The fourth-order valence-corrected chi connectivity index (χ4v) is 1.32. The largest absolute Gasteiger partial charge is 0.378 e. The zero-order valence-corrected chi connectivity index (χ0v) is 6.65. The summed E-state index contributed by atoms with van der Waals surface area (Å²) in [5.74, 6) is 0. The van der Waals surface area contributed by atoms with Crippen molar-refractivity contribution in [1.29, 1.82) is 0 Å². The first-order valence-electron chi connectivity index (χ1n) is 2.99. The molecular weight excluding hydrogens is 148 g/mol. The summed E-state index contributed by atoms with van der Waals surface area (Å²) in [6, 6.07) is 0. The standard InChI is InChI=1S/C6H10N2OS/c1-9-3-5-4-10-6(2-7)8-5/h4H,2-3,7H2,1H3. The first-order chi connectivity index (χ1) is 4.86. The topological polar surface area (TPSA) is 48.1 Å². The van der Waals surface area contributed by atoms with E-state index in [0.29, 0.717) is 13.2 Å². The minimum absolute atomic E-state index is 0.522. The Morgan fingerprint density at radius 3 is 3.10 bits per heavy atom. The average Bonchev–Trinajstić information content (AvgIpc) is 2.37. The molecule has 0 aliphatic rings. The lowest BCUT2D eigenvalue weighted by Gasteiger charge is -1.89. The Morgan fingerprint density at radius 1 is 1.80 bits per heavy atom. The zero-order valence-electron chi connectivity index (χ0n) is 5.83. The zero-order chi connectivity index (χ0) is 7.40. The highest BCUT2D eigenvalue weighted by Gasteiger charge is 1.97. The maximum Gasteiger partial charge on any atom is 0.107 e. The molecule has 0 saturated heterocycles. The van der Waals surface area contributed by atoms with Crippen LogP contribution in [0.2, 0.25) is 0 Å². The van der Waals surface area contributed by atoms with Crippen molar-refractivity contribution in [3.8, 4) is 0 Å². The molecular formula is C6H10N2OS. The molecule has 1 rings (SSSR count). The first kappa shape index (κ1) is 7.65. The predicted octanol–water partition coefficient (Wildman–Crippen LogP) is 0.748. The molecule has 0 atom stereocenters. The van der Waals surface area contributed by atoms with E-state index < -0.39 is 0 Å². The minimum atomic E-state index is 0.522. The Bertz CT molecular complexity index is 199. The molecule has 0 spiro atoms. The second-order valence-electron chi connectivity index (χ2n) is 1.87. The van der Waals surface area contributed by atoms with E-state index in [2.05, 4.69) is 4.98 Å². The van der Waals surface area contributed by atoms with Crippen LogP contribution in [0.15, 0.2) is 5.38 Å². The van der Waals surface area contributed by atoms with Crippen molar-refractivity contribution in [3.05, 3.63) is 16.1 Å². The number of nitrogens with zero attached hydrogens (tertiary/aromatic N) is 1. The van der Waals surface area contributed by atoms with Gasteiger partial charge in [-0.15, -0.1) is 11.3 Å². The lowest BCUT2D eigenvalue weighted by molar-refractivity contribution is 0.182. The van der Waals surface area contributed by atoms with Gasteiger partial charge in [-0.3, -0.25) is 0 Å². The van der Waals surface area contributed by atoms with Crippen molar-refractivity contribution in [2.75, 3.05) is 7.11 Å². The van der Waals surface area contributed by atoms with E-state index in [-0.39, 0.29) is 0 Å². The summed E-state index contributed by atoms with van der Waals surface area (Å²) in [4.78, 5) is 4.19. The van der Waals surface area contributed by atoms with Gasteiger partial charge in [-0.05, 0) is 0 Å². The fourth-order valence-electron chi connectivity index (χ4n) is 0.657. The highest BCUT2D eigenvalue weighted by atomic mass is 32.1. The van der Waals surface area contributed by atoms with Crippen LogP contribution >= 0.6 is 11.3 Å². The van der Waals surface area contributed by atoms with Crippen LogP contribution in [0.4, 0.5) is 0 Å². The molecule has 0 aliphatic heterocycles. The van der Waals surface area contributed by atoms with E-state index >= 15 is 0 Å². The Kier molecular flexibility index (Phi) is 2.80. The quantitative estimate of drug-likeness (QED) is 0.706. The van der Waals surface area contributed by atoms with E-state index in [0.717, 1.165) is 10.7 Å². The van der Waals surface area contributed by atoms with Crippen LogP contribution in [0.3, 0.4) is 0 Å². The van der Waals surface area contributed by atoms with Gasteiger partial charge in [-0.2, -0.15) is 0 Å². The van der Waals surface area contributed by atoms with Gasteiger partial charge in [0, 0.05) is 19.0 Å². The van der Waals surface area contributed by atoms with Gasteiger partial charge in [0.25, 0.3) is 0 Å². The molecule has 1 aromatic heterocycles. The van der Waals surface area contributed by atoms with Crippen LogP contribution in [0.5, 0.6) is 0 Å². The lowest BCUT2D eigenvalue weighted by atomic mass is 10.5. The highest BCUT2D eigenvalue weighted by molar-refractivity contribution is 7.09. The number of ether oxygens (including phenoxy) is 1. The number of aromatic nitrogens is 1. The van der Waals surface area contributed by atoms with Crippen molar-refractivity contribution in [2.45, 2.75) is 13.2 Å². The summed E-state index contributed by atoms with van der Waals surface area (Å²) >= 11 is 1.57. The summed E-state index contributed by atoms with van der Waals surface area (Å²) in [5.41, 5.74) is 6.33. The van der Waals surface area contributed by atoms with Crippen molar-refractivity contribution in [1.82, 2.24) is 4.98 Å². The third-order valence-electron chi connectivity index (χ3n) is 1.07. The Morgan fingerprint density at radius 2 is 2.60 bits per heavy atom. The molecule has 0 aromatic carbocycles. The second kappa shape index (κ2) is 3.65. The van der Waals surface area contributed by atoms with E-state index in [1.54, 1.807) is 18.4 Å². The maximum atomic E-state index is 5.37. The van der Waals surface area contributed by atoms with Crippen LogP contribution in [0.1, 0.15) is 10.7 Å². The van der Waals surface area contributed by atoms with Crippen molar-refractivity contribution in [2.24, 2.45) is 5.73 Å². The smallest absolute Gasteiger partial charge is 0.107 e. The summed E-state index contributed by atoms with van der Waals surface area (Å²) < 4.78 is 4.89. The normalized spacial score (nSPS) is 10.2. The molecule has 0 aliphatic carbocycles. The van der Waals surface area contributed by atoms with Gasteiger partial charge >= 0.3 is 0 Å². The van der Waals surface area contributed by atoms with Crippen LogP contribution in [-0.2, 0) is 17.9 Å². The predicted molar refractivity (Wildman–Crippen MR) is 40.7 cm³/mol. The lowest BCUT2D eigenvalue weighted by Crippen LogP contribution is -1.95. The molecule has 1 heterocycles. The van der Waals surface area contributed by atoms with Gasteiger partial charge in [0.1, 0.15) is 5.01 Å². The van der Waals surface area contributed by atoms with Crippen LogP contribution < -0.4 is 5.73 Å². The Balaban J connectivity index is 2.59. The van der Waals surface area contributed by atoms with Gasteiger partial charge in [-0.25, -0.2) is 4.98 Å². The average molecular weight is 158 g/mol. The molecule has 4 heteroatoms. The Labute approximate surface area is 63.8 Å². The second-order valence-corrected chi connectivity index (χ2v) is 2.81. The van der Waals surface area contributed by atoms with E-state index in [9.17, 15) is 0 Å². The molecule has 1 aromatic rings. The number of hydrogen-bond donors (Lipinski definition) is 1. The molecule has 56 valence electrons. The molecule has 0 unspecified atom stereocenters. The number of thiazole rings is 1. The molecule has 2 N–H and O–H groups in total. The molecule has 3 nitrogen and oxygen atoms in total. The van der Waals surface area contributed by atoms with Gasteiger partial charge in [0.2, 0.25) is 0 Å². The third-order valence-corrected chi connectivity index (χ3v) is 1.99. The summed E-state index contributed by atoms with van der Waals surface area (Å²) in [6.45, 7) is 1.10. The van der Waals surface area contributed by atoms with E-state index in [1.165, 1.54) is 0 Å². The van der Waals surface area contributed by atoms with Gasteiger partial charge < -0.3 is 10.5 Å². The highest BCUT2D eigenvalue weighted by Crippen LogP contribution is 2.08. The molecule has 0 fully saturated rings. The molecule has 10 heavy (non-hydrogen) atoms. The summed E-state index contributed by atoms with van der Waals surface area (Å²) in [5, 5.41) is 2.93. The summed E-state index contributed by atoms with van der Waals surface area (Å²) in [7, 11) is 1.65. The third kappa shape index (κ3) is 1.76. The van der Waals surface area contributed by atoms with Gasteiger partial charge in [0.15, 0.2) is 0 Å². The fraction of sp³-hybridized carbons (Fsp3) is 0.500. The Hall–Kier alpha value is -0.450. The SMILES string of the molecule is COCc1csc(CN)n1. The number of hydrogen-bond acceptors (Lipinski definition) is 4. The van der Waals surface area contributed by atoms with Gasteiger partial charge in [0.05, 0.1) is 12.3 Å². The van der Waals surface area contributed by atoms with Crippen LogP contribution in [0, 0.1) is 0 Å². The minimum Gasteiger partial charge on any atom is -0.378 e. The maximum absolute atomic E-state index is 5.37. The van der Waals surface area contributed by atoms with Crippen LogP contribution in [-0.4, -0.2) is 12.1 Å². The first-order valence-corrected chi connectivity index (χ1v) is 3.87. The van der Waals surface area contributed by atoms with Crippen molar-refractivity contribution in [3.63, 3.8) is 0 Å². The van der Waals surface area contributed by atoms with Crippen molar-refractivity contribution >= 4 is 11.3 Å². The van der Waals surface area contributed by atoms with Crippen molar-refractivity contribution < 1.29 is 4.74 Å².